The Morgan fingerprint density at radius 2 is 1.33 bits per heavy atom. The SMILES string of the molecule is CCCCCCCCCC/C=C\CCCCC(O)C(=O)O. The van der Waals surface area contributed by atoms with Crippen LogP contribution in [0.5, 0.6) is 0 Å². The van der Waals surface area contributed by atoms with E-state index in [2.05, 4.69) is 19.1 Å². The van der Waals surface area contributed by atoms with Crippen LogP contribution in [0.1, 0.15) is 90.4 Å². The van der Waals surface area contributed by atoms with Crippen LogP contribution in [0.2, 0.25) is 0 Å². The maximum atomic E-state index is 10.4. The first kappa shape index (κ1) is 20.2. The van der Waals surface area contributed by atoms with E-state index in [1.54, 1.807) is 0 Å². The van der Waals surface area contributed by atoms with Crippen LogP contribution in [0.25, 0.3) is 0 Å². The summed E-state index contributed by atoms with van der Waals surface area (Å²) in [6.07, 6.45) is 18.3. The topological polar surface area (TPSA) is 57.5 Å². The van der Waals surface area contributed by atoms with Crippen molar-refractivity contribution in [3.8, 4) is 0 Å². The normalized spacial score (nSPS) is 12.9. The molecule has 0 rings (SSSR count). The number of carboxylic acid groups (broad SMARTS) is 1. The largest absolute Gasteiger partial charge is 0.479 e. The van der Waals surface area contributed by atoms with E-state index in [1.165, 1.54) is 51.4 Å². The molecule has 0 aromatic rings. The van der Waals surface area contributed by atoms with E-state index in [-0.39, 0.29) is 0 Å². The van der Waals surface area contributed by atoms with E-state index in [0.717, 1.165) is 25.7 Å². The van der Waals surface area contributed by atoms with E-state index in [4.69, 9.17) is 10.2 Å². The van der Waals surface area contributed by atoms with Gasteiger partial charge >= 0.3 is 5.97 Å². The molecule has 3 nitrogen and oxygen atoms in total. The van der Waals surface area contributed by atoms with Gasteiger partial charge in [-0.25, -0.2) is 4.79 Å². The standard InChI is InChI=1S/C18H34O3/c1-2-3-4-5-6-7-8-9-10-11-12-13-14-15-16-17(19)18(20)21/h11-12,17,19H,2-10,13-16H2,1H3,(H,20,21)/b12-11-. The van der Waals surface area contributed by atoms with Crippen LogP contribution >= 0.6 is 0 Å². The Kier molecular flexibility index (Phi) is 14.9. The molecular formula is C18H34O3. The summed E-state index contributed by atoms with van der Waals surface area (Å²) in [5, 5.41) is 17.6. The quantitative estimate of drug-likeness (QED) is 0.327. The van der Waals surface area contributed by atoms with Gasteiger partial charge in [0.15, 0.2) is 6.10 Å². The summed E-state index contributed by atoms with van der Waals surface area (Å²) < 4.78 is 0. The molecule has 0 bridgehead atoms. The van der Waals surface area contributed by atoms with Gasteiger partial charge in [0.2, 0.25) is 0 Å². The fourth-order valence-electron chi connectivity index (χ4n) is 2.36. The van der Waals surface area contributed by atoms with Gasteiger partial charge in [-0.1, -0.05) is 64.0 Å². The van der Waals surface area contributed by atoms with Gasteiger partial charge < -0.3 is 10.2 Å². The Balaban J connectivity index is 3.17. The van der Waals surface area contributed by atoms with Gasteiger partial charge in [0.1, 0.15) is 0 Å². The molecule has 0 spiro atoms. The Hall–Kier alpha value is -0.830. The first-order valence-electron chi connectivity index (χ1n) is 8.74. The minimum Gasteiger partial charge on any atom is -0.479 e. The highest BCUT2D eigenvalue weighted by atomic mass is 16.4. The van der Waals surface area contributed by atoms with E-state index >= 15 is 0 Å². The van der Waals surface area contributed by atoms with Gasteiger partial charge in [0.25, 0.3) is 0 Å². The van der Waals surface area contributed by atoms with Crippen molar-refractivity contribution in [1.82, 2.24) is 0 Å². The molecule has 0 heterocycles. The van der Waals surface area contributed by atoms with Crippen molar-refractivity contribution < 1.29 is 15.0 Å². The molecule has 0 saturated carbocycles. The van der Waals surface area contributed by atoms with Gasteiger partial charge in [0.05, 0.1) is 0 Å². The third-order valence-corrected chi connectivity index (χ3v) is 3.77. The zero-order valence-corrected chi connectivity index (χ0v) is 13.7. The number of aliphatic hydroxyl groups excluding tert-OH is 1. The lowest BCUT2D eigenvalue weighted by Gasteiger charge is -2.03. The molecule has 0 aromatic carbocycles. The van der Waals surface area contributed by atoms with Crippen LogP contribution in [-0.4, -0.2) is 22.3 Å². The van der Waals surface area contributed by atoms with Crippen molar-refractivity contribution in [3.05, 3.63) is 12.2 Å². The predicted molar refractivity (Wildman–Crippen MR) is 88.5 cm³/mol. The fraction of sp³-hybridized carbons (Fsp3) is 0.833. The monoisotopic (exact) mass is 298 g/mol. The van der Waals surface area contributed by atoms with Crippen molar-refractivity contribution >= 4 is 5.97 Å². The third-order valence-electron chi connectivity index (χ3n) is 3.77. The third kappa shape index (κ3) is 15.4. The summed E-state index contributed by atoms with van der Waals surface area (Å²) in [6.45, 7) is 2.25. The smallest absolute Gasteiger partial charge is 0.332 e. The molecule has 2 N–H and O–H groups in total. The van der Waals surface area contributed by atoms with Crippen molar-refractivity contribution in [2.75, 3.05) is 0 Å². The number of rotatable bonds is 15. The average molecular weight is 298 g/mol. The van der Waals surface area contributed by atoms with Crippen LogP contribution in [-0.2, 0) is 4.79 Å². The fourth-order valence-corrected chi connectivity index (χ4v) is 2.36. The number of hydrogen-bond donors (Lipinski definition) is 2. The van der Waals surface area contributed by atoms with Crippen molar-refractivity contribution in [2.45, 2.75) is 96.5 Å². The second kappa shape index (κ2) is 15.6. The van der Waals surface area contributed by atoms with Crippen LogP contribution in [0.15, 0.2) is 12.2 Å². The van der Waals surface area contributed by atoms with E-state index in [1.807, 2.05) is 0 Å². The first-order valence-corrected chi connectivity index (χ1v) is 8.74. The maximum Gasteiger partial charge on any atom is 0.332 e. The number of carboxylic acids is 1. The van der Waals surface area contributed by atoms with Crippen LogP contribution in [0.4, 0.5) is 0 Å². The lowest BCUT2D eigenvalue weighted by atomic mass is 10.1. The maximum absolute atomic E-state index is 10.4. The predicted octanol–water partition coefficient (Wildman–Crippen LogP) is 5.08. The molecule has 124 valence electrons. The number of unbranched alkanes of at least 4 members (excludes halogenated alkanes) is 10. The molecule has 0 radical (unpaired) electrons. The highest BCUT2D eigenvalue weighted by Gasteiger charge is 2.11. The Bertz CT molecular complexity index is 261. The molecule has 0 aromatic heterocycles. The first-order chi connectivity index (χ1) is 10.2. The van der Waals surface area contributed by atoms with Crippen molar-refractivity contribution in [1.29, 1.82) is 0 Å². The molecule has 0 saturated heterocycles. The van der Waals surface area contributed by atoms with Crippen molar-refractivity contribution in [2.24, 2.45) is 0 Å². The molecule has 0 aliphatic heterocycles. The summed E-state index contributed by atoms with van der Waals surface area (Å²) in [5.74, 6) is -1.11. The highest BCUT2D eigenvalue weighted by molar-refractivity contribution is 5.71. The second-order valence-electron chi connectivity index (χ2n) is 5.87. The van der Waals surface area contributed by atoms with Crippen molar-refractivity contribution in [3.63, 3.8) is 0 Å². The summed E-state index contributed by atoms with van der Waals surface area (Å²) in [5.41, 5.74) is 0. The summed E-state index contributed by atoms with van der Waals surface area (Å²) in [7, 11) is 0. The summed E-state index contributed by atoms with van der Waals surface area (Å²) >= 11 is 0. The summed E-state index contributed by atoms with van der Waals surface area (Å²) in [6, 6.07) is 0. The van der Waals surface area contributed by atoms with Crippen LogP contribution < -0.4 is 0 Å². The van der Waals surface area contributed by atoms with Gasteiger partial charge in [-0.3, -0.25) is 0 Å². The minimum absolute atomic E-state index is 0.362. The van der Waals surface area contributed by atoms with E-state index in [9.17, 15) is 4.79 Å². The molecule has 0 aliphatic carbocycles. The second-order valence-corrected chi connectivity index (χ2v) is 5.87. The molecule has 3 heteroatoms. The van der Waals surface area contributed by atoms with Gasteiger partial charge in [-0.15, -0.1) is 0 Å². The number of hydrogen-bond acceptors (Lipinski definition) is 2. The molecule has 0 aliphatic rings. The molecule has 1 atom stereocenters. The molecule has 0 amide bonds. The Morgan fingerprint density at radius 3 is 1.86 bits per heavy atom. The van der Waals surface area contributed by atoms with E-state index in [0.29, 0.717) is 6.42 Å². The lowest BCUT2D eigenvalue weighted by Crippen LogP contribution is -2.18. The molecular weight excluding hydrogens is 264 g/mol. The number of carbonyl (C=O) groups is 1. The number of aliphatic carboxylic acids is 1. The van der Waals surface area contributed by atoms with Crippen LogP contribution in [0, 0.1) is 0 Å². The molecule has 1 unspecified atom stereocenters. The number of aliphatic hydroxyl groups is 1. The number of allylic oxidation sites excluding steroid dienone is 2. The lowest BCUT2D eigenvalue weighted by molar-refractivity contribution is -0.146. The van der Waals surface area contributed by atoms with Gasteiger partial charge in [-0.05, 0) is 38.5 Å². The summed E-state index contributed by atoms with van der Waals surface area (Å²) in [4.78, 5) is 10.4. The van der Waals surface area contributed by atoms with Gasteiger partial charge in [-0.2, -0.15) is 0 Å². The Labute approximate surface area is 130 Å². The average Bonchev–Trinajstić information content (AvgIpc) is 2.47. The highest BCUT2D eigenvalue weighted by Crippen LogP contribution is 2.10. The molecule has 0 fully saturated rings. The zero-order valence-electron chi connectivity index (χ0n) is 13.7. The molecule has 21 heavy (non-hydrogen) atoms. The zero-order chi connectivity index (χ0) is 15.8. The van der Waals surface area contributed by atoms with E-state index < -0.39 is 12.1 Å². The van der Waals surface area contributed by atoms with Gasteiger partial charge in [0, 0.05) is 0 Å². The minimum atomic E-state index is -1.19. The Morgan fingerprint density at radius 1 is 0.857 bits per heavy atom. The van der Waals surface area contributed by atoms with Crippen LogP contribution in [0.3, 0.4) is 0 Å².